The maximum absolute atomic E-state index is 12.8. The van der Waals surface area contributed by atoms with E-state index < -0.39 is 11.7 Å². The van der Waals surface area contributed by atoms with Crippen LogP contribution >= 0.6 is 0 Å². The lowest BCUT2D eigenvalue weighted by atomic mass is 10.1. The molecule has 4 rings (SSSR count). The first kappa shape index (κ1) is 18.0. The quantitative estimate of drug-likeness (QED) is 0.396. The molecule has 3 aromatic carbocycles. The molecular formula is C23H17F3N2. The van der Waals surface area contributed by atoms with Crippen LogP contribution in [0, 0.1) is 6.92 Å². The Morgan fingerprint density at radius 1 is 0.750 bits per heavy atom. The van der Waals surface area contributed by atoms with E-state index in [9.17, 15) is 13.2 Å². The number of benzene rings is 3. The van der Waals surface area contributed by atoms with Gasteiger partial charge in [0.1, 0.15) is 5.82 Å². The Morgan fingerprint density at radius 3 is 2.00 bits per heavy atom. The summed E-state index contributed by atoms with van der Waals surface area (Å²) in [4.78, 5) is 4.72. The van der Waals surface area contributed by atoms with Gasteiger partial charge in [-0.2, -0.15) is 13.2 Å². The number of hydrogen-bond acceptors (Lipinski definition) is 1. The zero-order valence-corrected chi connectivity index (χ0v) is 15.1. The molecular weight excluding hydrogens is 361 g/mol. The highest BCUT2D eigenvalue weighted by atomic mass is 19.4. The molecule has 5 heteroatoms. The number of hydrogen-bond donors (Lipinski definition) is 0. The summed E-state index contributed by atoms with van der Waals surface area (Å²) < 4.78 is 40.5. The number of aromatic nitrogens is 2. The average Bonchev–Trinajstić information content (AvgIpc) is 3.14. The maximum Gasteiger partial charge on any atom is 0.416 e. The summed E-state index contributed by atoms with van der Waals surface area (Å²) in [6, 6.07) is 22.8. The van der Waals surface area contributed by atoms with Gasteiger partial charge in [-0.05, 0) is 31.2 Å². The third-order valence-corrected chi connectivity index (χ3v) is 4.56. The van der Waals surface area contributed by atoms with Crippen LogP contribution in [0.2, 0.25) is 0 Å². The third kappa shape index (κ3) is 3.56. The molecule has 0 amide bonds. The van der Waals surface area contributed by atoms with E-state index >= 15 is 0 Å². The topological polar surface area (TPSA) is 17.8 Å². The number of aryl methyl sites for hydroxylation is 1. The maximum atomic E-state index is 12.8. The fraction of sp³-hybridized carbons (Fsp3) is 0.0870. The molecule has 4 aromatic rings. The second-order valence-electron chi connectivity index (χ2n) is 6.60. The molecule has 0 spiro atoms. The summed E-state index contributed by atoms with van der Waals surface area (Å²) in [5.41, 5.74) is 3.60. The molecule has 1 aromatic heterocycles. The smallest absolute Gasteiger partial charge is 0.299 e. The number of halogens is 3. The molecule has 28 heavy (non-hydrogen) atoms. The van der Waals surface area contributed by atoms with Crippen LogP contribution < -0.4 is 0 Å². The van der Waals surface area contributed by atoms with Gasteiger partial charge >= 0.3 is 6.18 Å². The molecule has 0 atom stereocenters. The van der Waals surface area contributed by atoms with E-state index in [0.717, 1.165) is 34.8 Å². The standard InChI is InChI=1S/C23H17F3N2/c1-16-7-13-20(14-8-16)28-15-21(27-22(28)18-5-3-2-4-6-18)17-9-11-19(12-10-17)23(24,25)26/h2-15H,1H3. The highest BCUT2D eigenvalue weighted by Gasteiger charge is 2.30. The van der Waals surface area contributed by atoms with Crippen molar-refractivity contribution >= 4 is 0 Å². The van der Waals surface area contributed by atoms with Crippen LogP contribution in [0.1, 0.15) is 11.1 Å². The lowest BCUT2D eigenvalue weighted by Gasteiger charge is -2.08. The predicted octanol–water partition coefficient (Wildman–Crippen LogP) is 6.53. The molecule has 2 nitrogen and oxygen atoms in total. The molecule has 0 aliphatic rings. The van der Waals surface area contributed by atoms with E-state index in [1.807, 2.05) is 72.3 Å². The van der Waals surface area contributed by atoms with E-state index in [1.165, 1.54) is 12.1 Å². The first-order chi connectivity index (χ1) is 13.4. The number of nitrogens with zero attached hydrogens (tertiary/aromatic N) is 2. The molecule has 0 fully saturated rings. The Hall–Kier alpha value is -3.34. The van der Waals surface area contributed by atoms with Crippen LogP contribution in [0.25, 0.3) is 28.3 Å². The summed E-state index contributed by atoms with van der Waals surface area (Å²) >= 11 is 0. The molecule has 0 saturated heterocycles. The molecule has 0 unspecified atom stereocenters. The molecule has 0 N–H and O–H groups in total. The molecule has 0 aliphatic carbocycles. The SMILES string of the molecule is Cc1ccc(-n2cc(-c3ccc(C(F)(F)F)cc3)nc2-c2ccccc2)cc1. The van der Waals surface area contributed by atoms with Gasteiger partial charge in [0, 0.05) is 23.0 Å². The fourth-order valence-corrected chi connectivity index (χ4v) is 3.04. The van der Waals surface area contributed by atoms with Gasteiger partial charge in [-0.25, -0.2) is 4.98 Å². The van der Waals surface area contributed by atoms with Gasteiger partial charge in [0.2, 0.25) is 0 Å². The van der Waals surface area contributed by atoms with Crippen molar-refractivity contribution in [3.8, 4) is 28.3 Å². The second kappa shape index (κ2) is 7.00. The summed E-state index contributed by atoms with van der Waals surface area (Å²) in [6.45, 7) is 2.02. The molecule has 140 valence electrons. The zero-order valence-electron chi connectivity index (χ0n) is 15.1. The van der Waals surface area contributed by atoms with Crippen LogP contribution in [0.4, 0.5) is 13.2 Å². The van der Waals surface area contributed by atoms with Crippen molar-refractivity contribution in [3.05, 3.63) is 96.2 Å². The number of imidazole rings is 1. The summed E-state index contributed by atoms with van der Waals surface area (Å²) in [7, 11) is 0. The average molecular weight is 378 g/mol. The Morgan fingerprint density at radius 2 is 1.39 bits per heavy atom. The van der Waals surface area contributed by atoms with E-state index in [0.29, 0.717) is 11.3 Å². The largest absolute Gasteiger partial charge is 0.416 e. The first-order valence-electron chi connectivity index (χ1n) is 8.81. The zero-order chi connectivity index (χ0) is 19.7. The van der Waals surface area contributed by atoms with Crippen molar-refractivity contribution in [2.75, 3.05) is 0 Å². The van der Waals surface area contributed by atoms with E-state index in [2.05, 4.69) is 0 Å². The van der Waals surface area contributed by atoms with Crippen molar-refractivity contribution < 1.29 is 13.2 Å². The van der Waals surface area contributed by atoms with Gasteiger partial charge in [-0.3, -0.25) is 4.57 Å². The van der Waals surface area contributed by atoms with E-state index in [4.69, 9.17) is 4.98 Å². The Labute approximate surface area is 160 Å². The van der Waals surface area contributed by atoms with Crippen molar-refractivity contribution in [3.63, 3.8) is 0 Å². The van der Waals surface area contributed by atoms with Crippen molar-refractivity contribution in [2.45, 2.75) is 13.1 Å². The van der Waals surface area contributed by atoms with Gasteiger partial charge in [0.05, 0.1) is 11.3 Å². The molecule has 0 saturated carbocycles. The Balaban J connectivity index is 1.82. The summed E-state index contributed by atoms with van der Waals surface area (Å²) in [5, 5.41) is 0. The van der Waals surface area contributed by atoms with E-state index in [1.54, 1.807) is 0 Å². The summed E-state index contributed by atoms with van der Waals surface area (Å²) in [5.74, 6) is 0.736. The third-order valence-electron chi connectivity index (χ3n) is 4.56. The van der Waals surface area contributed by atoms with Crippen LogP contribution in [0.3, 0.4) is 0 Å². The minimum absolute atomic E-state index is 0.619. The molecule has 0 bridgehead atoms. The minimum atomic E-state index is -4.35. The molecule has 0 radical (unpaired) electrons. The normalized spacial score (nSPS) is 11.6. The monoisotopic (exact) mass is 378 g/mol. The highest BCUT2D eigenvalue weighted by Crippen LogP contribution is 2.32. The molecule has 0 aliphatic heterocycles. The lowest BCUT2D eigenvalue weighted by molar-refractivity contribution is -0.137. The Bertz CT molecular complexity index is 1080. The van der Waals surface area contributed by atoms with Gasteiger partial charge in [0.15, 0.2) is 0 Å². The Kier molecular flexibility index (Phi) is 4.51. The number of alkyl halides is 3. The summed E-state index contributed by atoms with van der Waals surface area (Å²) in [6.07, 6.45) is -2.50. The fourth-order valence-electron chi connectivity index (χ4n) is 3.04. The minimum Gasteiger partial charge on any atom is -0.299 e. The van der Waals surface area contributed by atoms with Crippen molar-refractivity contribution in [2.24, 2.45) is 0 Å². The van der Waals surface area contributed by atoms with Gasteiger partial charge in [-0.1, -0.05) is 60.2 Å². The van der Waals surface area contributed by atoms with Crippen molar-refractivity contribution in [1.29, 1.82) is 0 Å². The lowest BCUT2D eigenvalue weighted by Crippen LogP contribution is -2.03. The van der Waals surface area contributed by atoms with Crippen LogP contribution in [0.15, 0.2) is 85.1 Å². The predicted molar refractivity (Wildman–Crippen MR) is 104 cm³/mol. The molecule has 1 heterocycles. The number of rotatable bonds is 3. The van der Waals surface area contributed by atoms with E-state index in [-0.39, 0.29) is 0 Å². The second-order valence-corrected chi connectivity index (χ2v) is 6.60. The van der Waals surface area contributed by atoms with Crippen molar-refractivity contribution in [1.82, 2.24) is 9.55 Å². The van der Waals surface area contributed by atoms with Gasteiger partial charge < -0.3 is 0 Å². The van der Waals surface area contributed by atoms with Crippen LogP contribution in [0.5, 0.6) is 0 Å². The first-order valence-corrected chi connectivity index (χ1v) is 8.81. The van der Waals surface area contributed by atoms with Gasteiger partial charge in [0.25, 0.3) is 0 Å². The van der Waals surface area contributed by atoms with Crippen LogP contribution in [-0.4, -0.2) is 9.55 Å². The van der Waals surface area contributed by atoms with Crippen LogP contribution in [-0.2, 0) is 6.18 Å². The van der Waals surface area contributed by atoms with Gasteiger partial charge in [-0.15, -0.1) is 0 Å². The highest BCUT2D eigenvalue weighted by molar-refractivity contribution is 5.67.